The van der Waals surface area contributed by atoms with Gasteiger partial charge in [0.1, 0.15) is 0 Å². The van der Waals surface area contributed by atoms with E-state index in [1.54, 1.807) is 0 Å². The summed E-state index contributed by atoms with van der Waals surface area (Å²) in [5, 5.41) is 3.68. The molecule has 0 fully saturated rings. The molecule has 0 aromatic rings. The zero-order valence-corrected chi connectivity index (χ0v) is 11.1. The zero-order chi connectivity index (χ0) is 11.1. The highest BCUT2D eigenvalue weighted by atomic mass is 32.2. The molecule has 88 valence electrons. The standard InChI is InChI=1S/C13H25NS/c1-11(2)9-15-10-12(3)14-13-7-5-4-6-8-13/h5,7,11-14H,4,6,8-10H2,1-3H3. The van der Waals surface area contributed by atoms with Crippen LogP contribution in [0.2, 0.25) is 0 Å². The van der Waals surface area contributed by atoms with E-state index in [2.05, 4.69) is 50.0 Å². The van der Waals surface area contributed by atoms with Crippen molar-refractivity contribution in [3.8, 4) is 0 Å². The van der Waals surface area contributed by atoms with Crippen LogP contribution >= 0.6 is 11.8 Å². The SMILES string of the molecule is CC(C)CSCC(C)NC1C=CCCC1. The van der Waals surface area contributed by atoms with Gasteiger partial charge in [0.15, 0.2) is 0 Å². The van der Waals surface area contributed by atoms with Crippen molar-refractivity contribution in [2.75, 3.05) is 11.5 Å². The van der Waals surface area contributed by atoms with Crippen molar-refractivity contribution in [2.24, 2.45) is 5.92 Å². The Kier molecular flexibility index (Phi) is 6.42. The van der Waals surface area contributed by atoms with Crippen molar-refractivity contribution in [3.63, 3.8) is 0 Å². The van der Waals surface area contributed by atoms with Gasteiger partial charge in [-0.1, -0.05) is 26.0 Å². The molecular weight excluding hydrogens is 202 g/mol. The molecule has 0 aliphatic heterocycles. The van der Waals surface area contributed by atoms with Crippen LogP contribution in [-0.4, -0.2) is 23.6 Å². The minimum Gasteiger partial charge on any atom is -0.307 e. The van der Waals surface area contributed by atoms with Gasteiger partial charge in [-0.2, -0.15) is 11.8 Å². The number of hydrogen-bond donors (Lipinski definition) is 1. The lowest BCUT2D eigenvalue weighted by Gasteiger charge is -2.22. The highest BCUT2D eigenvalue weighted by molar-refractivity contribution is 7.99. The maximum Gasteiger partial charge on any atom is 0.0252 e. The number of nitrogens with one attached hydrogen (secondary N) is 1. The maximum absolute atomic E-state index is 3.68. The molecule has 1 rings (SSSR count). The van der Waals surface area contributed by atoms with E-state index >= 15 is 0 Å². The smallest absolute Gasteiger partial charge is 0.0252 e. The van der Waals surface area contributed by atoms with E-state index in [4.69, 9.17) is 0 Å². The lowest BCUT2D eigenvalue weighted by atomic mass is 10.0. The Bertz CT molecular complexity index is 189. The lowest BCUT2D eigenvalue weighted by Crippen LogP contribution is -2.37. The molecule has 0 heterocycles. The second-order valence-electron chi connectivity index (χ2n) is 4.96. The first-order chi connectivity index (χ1) is 7.18. The molecule has 15 heavy (non-hydrogen) atoms. The van der Waals surface area contributed by atoms with Gasteiger partial charge in [0, 0.05) is 17.8 Å². The Morgan fingerprint density at radius 1 is 1.33 bits per heavy atom. The molecule has 2 atom stereocenters. The van der Waals surface area contributed by atoms with Crippen LogP contribution in [0.15, 0.2) is 12.2 Å². The number of hydrogen-bond acceptors (Lipinski definition) is 2. The van der Waals surface area contributed by atoms with Crippen molar-refractivity contribution in [2.45, 2.75) is 52.1 Å². The Balaban J connectivity index is 2.09. The number of allylic oxidation sites excluding steroid dienone is 1. The average Bonchev–Trinajstić information content (AvgIpc) is 2.18. The van der Waals surface area contributed by atoms with Crippen LogP contribution in [0.4, 0.5) is 0 Å². The minimum absolute atomic E-state index is 0.633. The normalized spacial score (nSPS) is 23.3. The van der Waals surface area contributed by atoms with E-state index in [0.29, 0.717) is 12.1 Å². The van der Waals surface area contributed by atoms with Gasteiger partial charge in [0.05, 0.1) is 0 Å². The first-order valence-corrected chi connectivity index (χ1v) is 7.34. The summed E-state index contributed by atoms with van der Waals surface area (Å²) < 4.78 is 0. The molecule has 0 aromatic heterocycles. The highest BCUT2D eigenvalue weighted by Gasteiger charge is 2.11. The molecule has 0 saturated heterocycles. The molecule has 0 amide bonds. The summed E-state index contributed by atoms with van der Waals surface area (Å²) in [7, 11) is 0. The van der Waals surface area contributed by atoms with Gasteiger partial charge in [0.25, 0.3) is 0 Å². The molecular formula is C13H25NS. The zero-order valence-electron chi connectivity index (χ0n) is 10.3. The van der Waals surface area contributed by atoms with E-state index in [1.807, 2.05) is 0 Å². The monoisotopic (exact) mass is 227 g/mol. The maximum atomic E-state index is 3.68. The summed E-state index contributed by atoms with van der Waals surface area (Å²) in [5.74, 6) is 3.34. The Morgan fingerprint density at radius 2 is 2.13 bits per heavy atom. The summed E-state index contributed by atoms with van der Waals surface area (Å²) >= 11 is 2.07. The van der Waals surface area contributed by atoms with E-state index in [1.165, 1.54) is 30.8 Å². The molecule has 1 nitrogen and oxygen atoms in total. The van der Waals surface area contributed by atoms with Gasteiger partial charge in [0.2, 0.25) is 0 Å². The second-order valence-corrected chi connectivity index (χ2v) is 6.04. The predicted octanol–water partition coefficient (Wildman–Crippen LogP) is 3.46. The molecule has 1 N–H and O–H groups in total. The predicted molar refractivity (Wildman–Crippen MR) is 71.5 cm³/mol. The second kappa shape index (κ2) is 7.34. The third kappa shape index (κ3) is 6.26. The van der Waals surface area contributed by atoms with E-state index in [-0.39, 0.29) is 0 Å². The van der Waals surface area contributed by atoms with Gasteiger partial charge < -0.3 is 5.32 Å². The van der Waals surface area contributed by atoms with Crippen LogP contribution in [0.5, 0.6) is 0 Å². The molecule has 0 radical (unpaired) electrons. The molecule has 0 aromatic carbocycles. The van der Waals surface area contributed by atoms with Gasteiger partial charge >= 0.3 is 0 Å². The van der Waals surface area contributed by atoms with Gasteiger partial charge in [-0.25, -0.2) is 0 Å². The molecule has 2 heteroatoms. The van der Waals surface area contributed by atoms with E-state index < -0.39 is 0 Å². The molecule has 0 saturated carbocycles. The number of thioether (sulfide) groups is 1. The van der Waals surface area contributed by atoms with Crippen molar-refractivity contribution >= 4 is 11.8 Å². The number of rotatable bonds is 6. The average molecular weight is 227 g/mol. The molecule has 0 spiro atoms. The molecule has 1 aliphatic carbocycles. The van der Waals surface area contributed by atoms with Crippen molar-refractivity contribution in [3.05, 3.63) is 12.2 Å². The van der Waals surface area contributed by atoms with E-state index in [9.17, 15) is 0 Å². The molecule has 1 aliphatic rings. The van der Waals surface area contributed by atoms with Crippen LogP contribution in [0.3, 0.4) is 0 Å². The summed E-state index contributed by atoms with van der Waals surface area (Å²) in [6, 6.07) is 1.27. The fraction of sp³-hybridized carbons (Fsp3) is 0.846. The van der Waals surface area contributed by atoms with Crippen LogP contribution in [-0.2, 0) is 0 Å². The quantitative estimate of drug-likeness (QED) is 0.697. The van der Waals surface area contributed by atoms with Crippen LogP contribution in [0.25, 0.3) is 0 Å². The van der Waals surface area contributed by atoms with Gasteiger partial charge in [-0.15, -0.1) is 0 Å². The third-order valence-electron chi connectivity index (χ3n) is 2.57. The first kappa shape index (κ1) is 13.1. The lowest BCUT2D eigenvalue weighted by molar-refractivity contribution is 0.480. The fourth-order valence-electron chi connectivity index (χ4n) is 1.85. The van der Waals surface area contributed by atoms with Crippen LogP contribution < -0.4 is 5.32 Å². The summed E-state index contributed by atoms with van der Waals surface area (Å²) in [5.41, 5.74) is 0. The fourth-order valence-corrected chi connectivity index (χ4v) is 2.90. The molecule has 0 bridgehead atoms. The van der Waals surface area contributed by atoms with Gasteiger partial charge in [-0.05, 0) is 37.9 Å². The third-order valence-corrected chi connectivity index (χ3v) is 4.21. The van der Waals surface area contributed by atoms with Crippen LogP contribution in [0.1, 0.15) is 40.0 Å². The Morgan fingerprint density at radius 3 is 2.73 bits per heavy atom. The minimum atomic E-state index is 0.633. The first-order valence-electron chi connectivity index (χ1n) is 6.19. The summed E-state index contributed by atoms with van der Waals surface area (Å²) in [6.07, 6.45) is 8.59. The summed E-state index contributed by atoms with van der Waals surface area (Å²) in [6.45, 7) is 6.87. The molecule has 2 unspecified atom stereocenters. The highest BCUT2D eigenvalue weighted by Crippen LogP contribution is 2.13. The van der Waals surface area contributed by atoms with Crippen molar-refractivity contribution in [1.29, 1.82) is 0 Å². The van der Waals surface area contributed by atoms with Crippen LogP contribution in [0, 0.1) is 5.92 Å². The van der Waals surface area contributed by atoms with E-state index in [0.717, 1.165) is 5.92 Å². The van der Waals surface area contributed by atoms with Gasteiger partial charge in [-0.3, -0.25) is 0 Å². The van der Waals surface area contributed by atoms with Crippen molar-refractivity contribution in [1.82, 2.24) is 5.32 Å². The Hall–Kier alpha value is 0.0500. The summed E-state index contributed by atoms with van der Waals surface area (Å²) in [4.78, 5) is 0. The topological polar surface area (TPSA) is 12.0 Å². The largest absolute Gasteiger partial charge is 0.307 e. The van der Waals surface area contributed by atoms with Crippen molar-refractivity contribution < 1.29 is 0 Å². The Labute approximate surface area is 99.1 Å².